The van der Waals surface area contributed by atoms with Gasteiger partial charge in [0.25, 0.3) is 0 Å². The largest absolute Gasteiger partial charge is 0.393 e. The predicted octanol–water partition coefficient (Wildman–Crippen LogP) is -0.764. The molecule has 1 fully saturated rings. The number of aliphatic hydroxyl groups is 2. The van der Waals surface area contributed by atoms with E-state index in [1.54, 1.807) is 0 Å². The fourth-order valence-electron chi connectivity index (χ4n) is 1.79. The van der Waals surface area contributed by atoms with Gasteiger partial charge in [-0.25, -0.2) is 0 Å². The third-order valence-electron chi connectivity index (χ3n) is 3.12. The van der Waals surface area contributed by atoms with Gasteiger partial charge in [0.05, 0.1) is 12.0 Å². The number of piperidine rings is 1. The van der Waals surface area contributed by atoms with Crippen molar-refractivity contribution in [2.75, 3.05) is 26.2 Å². The molecule has 0 aromatic heterocycles. The van der Waals surface area contributed by atoms with Crippen molar-refractivity contribution < 1.29 is 15.0 Å². The van der Waals surface area contributed by atoms with Crippen molar-refractivity contribution in [2.24, 2.45) is 5.41 Å². The number of carbonyl (C=O) groups is 1. The van der Waals surface area contributed by atoms with Gasteiger partial charge in [0, 0.05) is 13.1 Å². The van der Waals surface area contributed by atoms with Gasteiger partial charge in [0.1, 0.15) is 5.60 Å². The quantitative estimate of drug-likeness (QED) is 0.511. The monoisotopic (exact) mass is 230 g/mol. The Morgan fingerprint density at radius 1 is 1.62 bits per heavy atom. The van der Waals surface area contributed by atoms with Gasteiger partial charge < -0.3 is 20.8 Å². The molecule has 2 atom stereocenters. The molecule has 0 radical (unpaired) electrons. The molecule has 1 heterocycles. The summed E-state index contributed by atoms with van der Waals surface area (Å²) in [5.41, 5.74) is -1.64. The van der Waals surface area contributed by atoms with Crippen molar-refractivity contribution in [3.8, 4) is 0 Å². The minimum atomic E-state index is -1.24. The summed E-state index contributed by atoms with van der Waals surface area (Å²) >= 11 is 0. The van der Waals surface area contributed by atoms with E-state index >= 15 is 0 Å². The van der Waals surface area contributed by atoms with Crippen LogP contribution in [0.15, 0.2) is 0 Å². The summed E-state index contributed by atoms with van der Waals surface area (Å²) in [6.07, 6.45) is 1.84. The third-order valence-corrected chi connectivity index (χ3v) is 3.12. The van der Waals surface area contributed by atoms with E-state index in [9.17, 15) is 9.90 Å². The van der Waals surface area contributed by atoms with E-state index in [4.69, 9.17) is 5.11 Å². The standard InChI is InChI=1S/C11H22N2O3/c1-10(4-3-5-12-6-10)9(15)13-7-11(2,16)8-14/h12,14,16H,3-8H2,1-2H3,(H,13,15). The fourth-order valence-corrected chi connectivity index (χ4v) is 1.79. The molecule has 0 spiro atoms. The Morgan fingerprint density at radius 2 is 2.31 bits per heavy atom. The maximum Gasteiger partial charge on any atom is 0.227 e. The van der Waals surface area contributed by atoms with Gasteiger partial charge in [-0.3, -0.25) is 4.79 Å². The Bertz CT molecular complexity index is 248. The third kappa shape index (κ3) is 3.43. The molecule has 16 heavy (non-hydrogen) atoms. The van der Waals surface area contributed by atoms with Crippen LogP contribution < -0.4 is 10.6 Å². The summed E-state index contributed by atoms with van der Waals surface area (Å²) in [6.45, 7) is 4.76. The van der Waals surface area contributed by atoms with Gasteiger partial charge in [-0.15, -0.1) is 0 Å². The van der Waals surface area contributed by atoms with Crippen LogP contribution in [0.3, 0.4) is 0 Å². The number of nitrogens with one attached hydrogen (secondary N) is 2. The van der Waals surface area contributed by atoms with E-state index < -0.39 is 11.0 Å². The maximum atomic E-state index is 11.9. The molecule has 0 bridgehead atoms. The zero-order valence-electron chi connectivity index (χ0n) is 10.0. The summed E-state index contributed by atoms with van der Waals surface area (Å²) in [7, 11) is 0. The zero-order chi connectivity index (χ0) is 12.2. The van der Waals surface area contributed by atoms with Crippen LogP contribution in [0.4, 0.5) is 0 Å². The van der Waals surface area contributed by atoms with Gasteiger partial charge in [-0.05, 0) is 33.2 Å². The van der Waals surface area contributed by atoms with E-state index in [1.165, 1.54) is 6.92 Å². The molecule has 1 amide bonds. The number of hydrogen-bond donors (Lipinski definition) is 4. The fraction of sp³-hybridized carbons (Fsp3) is 0.909. The van der Waals surface area contributed by atoms with Crippen molar-refractivity contribution >= 4 is 5.91 Å². The average molecular weight is 230 g/mol. The summed E-state index contributed by atoms with van der Waals surface area (Å²) in [6, 6.07) is 0. The zero-order valence-corrected chi connectivity index (χ0v) is 10.0. The Morgan fingerprint density at radius 3 is 2.81 bits per heavy atom. The van der Waals surface area contributed by atoms with Crippen LogP contribution in [-0.2, 0) is 4.79 Å². The number of carbonyl (C=O) groups excluding carboxylic acids is 1. The molecule has 0 aromatic rings. The maximum absolute atomic E-state index is 11.9. The summed E-state index contributed by atoms with van der Waals surface area (Å²) in [4.78, 5) is 11.9. The normalized spacial score (nSPS) is 29.5. The summed E-state index contributed by atoms with van der Waals surface area (Å²) in [5, 5.41) is 24.3. The molecule has 4 N–H and O–H groups in total. The molecular formula is C11H22N2O3. The van der Waals surface area contributed by atoms with Crippen LogP contribution in [0.25, 0.3) is 0 Å². The molecule has 5 nitrogen and oxygen atoms in total. The second kappa shape index (κ2) is 5.12. The Hall–Kier alpha value is -0.650. The molecule has 1 saturated heterocycles. The molecule has 1 aliphatic rings. The van der Waals surface area contributed by atoms with E-state index in [0.717, 1.165) is 19.4 Å². The van der Waals surface area contributed by atoms with Crippen LogP contribution in [-0.4, -0.2) is 48.0 Å². The van der Waals surface area contributed by atoms with Crippen LogP contribution in [0.5, 0.6) is 0 Å². The Labute approximate surface area is 96.2 Å². The second-order valence-electron chi connectivity index (χ2n) is 5.18. The molecule has 0 saturated carbocycles. The molecule has 2 unspecified atom stereocenters. The van der Waals surface area contributed by atoms with Crippen LogP contribution in [0.2, 0.25) is 0 Å². The second-order valence-corrected chi connectivity index (χ2v) is 5.18. The lowest BCUT2D eigenvalue weighted by molar-refractivity contribution is -0.132. The van der Waals surface area contributed by atoms with Crippen LogP contribution >= 0.6 is 0 Å². The lowest BCUT2D eigenvalue weighted by atomic mass is 9.82. The van der Waals surface area contributed by atoms with E-state index in [2.05, 4.69) is 10.6 Å². The lowest BCUT2D eigenvalue weighted by Gasteiger charge is -2.33. The molecule has 5 heteroatoms. The molecule has 0 aromatic carbocycles. The Balaban J connectivity index is 2.45. The van der Waals surface area contributed by atoms with Crippen LogP contribution in [0, 0.1) is 5.41 Å². The molecule has 1 rings (SSSR count). The van der Waals surface area contributed by atoms with Gasteiger partial charge in [-0.1, -0.05) is 0 Å². The number of aliphatic hydroxyl groups excluding tert-OH is 1. The van der Waals surface area contributed by atoms with Crippen molar-refractivity contribution in [1.82, 2.24) is 10.6 Å². The minimum absolute atomic E-state index is 0.0616. The van der Waals surface area contributed by atoms with Gasteiger partial charge in [0.15, 0.2) is 0 Å². The summed E-state index contributed by atoms with van der Waals surface area (Å²) < 4.78 is 0. The summed E-state index contributed by atoms with van der Waals surface area (Å²) in [5.74, 6) is -0.0616. The van der Waals surface area contributed by atoms with Crippen molar-refractivity contribution in [3.05, 3.63) is 0 Å². The molecule has 94 valence electrons. The van der Waals surface area contributed by atoms with E-state index in [-0.39, 0.29) is 19.1 Å². The van der Waals surface area contributed by atoms with Crippen LogP contribution in [0.1, 0.15) is 26.7 Å². The lowest BCUT2D eigenvalue weighted by Crippen LogP contribution is -2.52. The van der Waals surface area contributed by atoms with Crippen molar-refractivity contribution in [3.63, 3.8) is 0 Å². The molecular weight excluding hydrogens is 208 g/mol. The van der Waals surface area contributed by atoms with Gasteiger partial charge in [-0.2, -0.15) is 0 Å². The highest BCUT2D eigenvalue weighted by molar-refractivity contribution is 5.82. The number of amides is 1. The first-order chi connectivity index (χ1) is 7.40. The molecule has 1 aliphatic heterocycles. The van der Waals surface area contributed by atoms with Gasteiger partial charge >= 0.3 is 0 Å². The topological polar surface area (TPSA) is 81.6 Å². The minimum Gasteiger partial charge on any atom is -0.393 e. The number of hydrogen-bond acceptors (Lipinski definition) is 4. The first-order valence-corrected chi connectivity index (χ1v) is 5.72. The van der Waals surface area contributed by atoms with E-state index in [1.807, 2.05) is 6.92 Å². The highest BCUT2D eigenvalue weighted by Gasteiger charge is 2.35. The smallest absolute Gasteiger partial charge is 0.227 e. The predicted molar refractivity (Wildman–Crippen MR) is 60.9 cm³/mol. The highest BCUT2D eigenvalue weighted by atomic mass is 16.3. The first kappa shape index (κ1) is 13.4. The highest BCUT2D eigenvalue weighted by Crippen LogP contribution is 2.25. The van der Waals surface area contributed by atoms with Gasteiger partial charge in [0.2, 0.25) is 5.91 Å². The average Bonchev–Trinajstić information content (AvgIpc) is 2.27. The SMILES string of the molecule is CC(O)(CO)CNC(=O)C1(C)CCCNC1. The van der Waals surface area contributed by atoms with E-state index in [0.29, 0.717) is 6.54 Å². The first-order valence-electron chi connectivity index (χ1n) is 5.72. The molecule has 0 aliphatic carbocycles. The number of rotatable bonds is 4. The van der Waals surface area contributed by atoms with Crippen molar-refractivity contribution in [1.29, 1.82) is 0 Å². The van der Waals surface area contributed by atoms with Crippen molar-refractivity contribution in [2.45, 2.75) is 32.3 Å². The Kier molecular flexibility index (Phi) is 4.29.